The number of nitrogens with zero attached hydrogens (tertiary/aromatic N) is 1. The van der Waals surface area contributed by atoms with Crippen LogP contribution in [0.2, 0.25) is 0 Å². The minimum absolute atomic E-state index is 0. The number of hydrogen-bond acceptors (Lipinski definition) is 4. The van der Waals surface area contributed by atoms with Gasteiger partial charge in [-0.3, -0.25) is 4.79 Å². The van der Waals surface area contributed by atoms with Crippen molar-refractivity contribution in [2.75, 3.05) is 31.5 Å². The highest BCUT2D eigenvalue weighted by atomic mass is 35.5. The predicted molar refractivity (Wildman–Crippen MR) is 119 cm³/mol. The summed E-state index contributed by atoms with van der Waals surface area (Å²) in [5, 5.41) is 8.70. The van der Waals surface area contributed by atoms with Gasteiger partial charge < -0.3 is 32.8 Å². The van der Waals surface area contributed by atoms with Crippen LogP contribution >= 0.6 is 0 Å². The van der Waals surface area contributed by atoms with E-state index < -0.39 is 0 Å². The van der Waals surface area contributed by atoms with E-state index in [0.717, 1.165) is 43.3 Å². The van der Waals surface area contributed by atoms with Crippen LogP contribution in [-0.4, -0.2) is 37.1 Å². The van der Waals surface area contributed by atoms with E-state index in [2.05, 4.69) is 33.1 Å². The summed E-state index contributed by atoms with van der Waals surface area (Å²) in [5.74, 6) is 0.704. The molecule has 4 N–H and O–H groups in total. The smallest absolute Gasteiger partial charge is 0.295 e. The Morgan fingerprint density at radius 1 is 1.13 bits per heavy atom. The topological polar surface area (TPSA) is 83.8 Å². The van der Waals surface area contributed by atoms with E-state index in [-0.39, 0.29) is 18.3 Å². The van der Waals surface area contributed by atoms with Crippen LogP contribution in [-0.2, 0) is 6.42 Å². The molecule has 1 aliphatic heterocycles. The van der Waals surface area contributed by atoms with Crippen LogP contribution in [0.5, 0.6) is 0 Å². The van der Waals surface area contributed by atoms with Crippen molar-refractivity contribution in [3.63, 3.8) is 0 Å². The van der Waals surface area contributed by atoms with Crippen molar-refractivity contribution in [3.8, 4) is 0 Å². The lowest BCUT2D eigenvalue weighted by atomic mass is 10.1. The Kier molecular flexibility index (Phi) is 8.74. The molecule has 1 fully saturated rings. The molecular weight excluding hydrogens is 412 g/mol. The van der Waals surface area contributed by atoms with Gasteiger partial charge in [0.1, 0.15) is 5.52 Å². The first-order chi connectivity index (χ1) is 14.8. The monoisotopic (exact) mass is 442 g/mol. The minimum atomic E-state index is 0. The Bertz CT molecular complexity index is 955. The first-order valence-corrected chi connectivity index (χ1v) is 11.1. The van der Waals surface area contributed by atoms with Crippen molar-refractivity contribution in [2.45, 2.75) is 32.1 Å². The van der Waals surface area contributed by atoms with Crippen molar-refractivity contribution in [2.24, 2.45) is 5.92 Å². The number of unbranched alkanes of at least 4 members (excludes halogenated alkanes) is 2. The third kappa shape index (κ3) is 6.71. The molecule has 6 nitrogen and oxygen atoms in total. The molecule has 0 radical (unpaired) electrons. The zero-order valence-corrected chi connectivity index (χ0v) is 18.5. The predicted octanol–water partition coefficient (Wildman–Crippen LogP) is -0.0302. The quantitative estimate of drug-likeness (QED) is 0.385. The summed E-state index contributed by atoms with van der Waals surface area (Å²) in [4.78, 5) is 16.6. The molecule has 166 valence electrons. The maximum Gasteiger partial charge on any atom is 0.295 e. The van der Waals surface area contributed by atoms with Gasteiger partial charge in [-0.2, -0.15) is 4.98 Å². The molecule has 0 spiro atoms. The van der Waals surface area contributed by atoms with Crippen LogP contribution in [0, 0.1) is 5.92 Å². The number of benzene rings is 2. The number of hydrogen-bond donors (Lipinski definition) is 3. The lowest BCUT2D eigenvalue weighted by molar-refractivity contribution is -0.637. The average Bonchev–Trinajstić information content (AvgIpc) is 3.44. The highest BCUT2D eigenvalue weighted by Crippen LogP contribution is 2.21. The summed E-state index contributed by atoms with van der Waals surface area (Å²) in [6.07, 6.45) is 5.41. The van der Waals surface area contributed by atoms with Crippen molar-refractivity contribution in [1.82, 2.24) is 10.3 Å². The second kappa shape index (κ2) is 11.7. The van der Waals surface area contributed by atoms with Crippen LogP contribution in [0.4, 0.5) is 6.01 Å². The van der Waals surface area contributed by atoms with E-state index in [0.29, 0.717) is 24.0 Å². The standard InChI is InChI=1S/C24H30N4O2.ClH/c29-23(20-8-4-1-5-9-20)26-13-6-2-3-7-18-10-11-21-22(15-18)30-24(28-21)27-17-19-12-14-25-16-19;/h1,4-5,8-11,15,19,25H,2-3,6-7,12-14,16-17H2,(H,26,29)(H,27,28);1H/t19-;/m0./s1. The van der Waals surface area contributed by atoms with E-state index >= 15 is 0 Å². The number of carbonyl (C=O) groups is 1. The number of quaternary nitrogens is 1. The fourth-order valence-electron chi connectivity index (χ4n) is 3.97. The maximum atomic E-state index is 12.0. The van der Waals surface area contributed by atoms with Crippen LogP contribution in [0.25, 0.3) is 11.1 Å². The second-order valence-corrected chi connectivity index (χ2v) is 8.10. The molecule has 1 aliphatic rings. The fourth-order valence-corrected chi connectivity index (χ4v) is 3.97. The number of carbonyl (C=O) groups excluding carboxylic acids is 1. The SMILES string of the molecule is O=C(NCCCCCc1ccc2nc(NC[C@H]3CC[NH2+]C3)oc2c1)c1ccccc1.[Cl-]. The Labute approximate surface area is 189 Å². The van der Waals surface area contributed by atoms with Crippen LogP contribution < -0.4 is 28.4 Å². The van der Waals surface area contributed by atoms with Crippen molar-refractivity contribution < 1.29 is 26.9 Å². The van der Waals surface area contributed by atoms with Gasteiger partial charge in [-0.15, -0.1) is 0 Å². The first-order valence-electron chi connectivity index (χ1n) is 11.1. The Hall–Kier alpha value is -2.57. The van der Waals surface area contributed by atoms with Gasteiger partial charge in [0.05, 0.1) is 13.1 Å². The first kappa shape index (κ1) is 23.1. The van der Waals surface area contributed by atoms with Gasteiger partial charge >= 0.3 is 0 Å². The molecule has 1 atom stereocenters. The number of anilines is 1. The number of halogens is 1. The molecule has 1 aromatic heterocycles. The molecule has 0 bridgehead atoms. The van der Waals surface area contributed by atoms with Crippen LogP contribution in [0.15, 0.2) is 52.9 Å². The zero-order chi connectivity index (χ0) is 20.6. The number of rotatable bonds is 10. The number of nitrogens with one attached hydrogen (secondary N) is 2. The largest absolute Gasteiger partial charge is 1.00 e. The van der Waals surface area contributed by atoms with E-state index in [4.69, 9.17) is 4.42 Å². The van der Waals surface area contributed by atoms with Gasteiger partial charge in [0.2, 0.25) is 0 Å². The number of fused-ring (bicyclic) bond motifs is 1. The van der Waals surface area contributed by atoms with Gasteiger partial charge in [-0.25, -0.2) is 0 Å². The molecule has 3 aromatic rings. The number of aromatic nitrogens is 1. The number of nitrogens with two attached hydrogens (primary N) is 1. The highest BCUT2D eigenvalue weighted by molar-refractivity contribution is 5.94. The summed E-state index contributed by atoms with van der Waals surface area (Å²) in [6.45, 7) is 4.05. The minimum Gasteiger partial charge on any atom is -1.00 e. The Morgan fingerprint density at radius 3 is 2.81 bits per heavy atom. The molecular formula is C24H31ClN4O2. The molecule has 7 heteroatoms. The molecule has 0 aliphatic carbocycles. The molecule has 0 unspecified atom stereocenters. The normalized spacial score (nSPS) is 15.5. The molecule has 1 saturated heterocycles. The van der Waals surface area contributed by atoms with Crippen LogP contribution in [0.3, 0.4) is 0 Å². The second-order valence-electron chi connectivity index (χ2n) is 8.10. The lowest BCUT2D eigenvalue weighted by Gasteiger charge is -2.05. The molecule has 4 rings (SSSR count). The maximum absolute atomic E-state index is 12.0. The molecule has 31 heavy (non-hydrogen) atoms. The number of amides is 1. The molecule has 0 saturated carbocycles. The zero-order valence-electron chi connectivity index (χ0n) is 17.8. The van der Waals surface area contributed by atoms with Gasteiger partial charge in [0, 0.05) is 31.0 Å². The lowest BCUT2D eigenvalue weighted by Crippen LogP contribution is -3.00. The molecule has 1 amide bonds. The van der Waals surface area contributed by atoms with Crippen molar-refractivity contribution in [3.05, 3.63) is 59.7 Å². The fraction of sp³-hybridized carbons (Fsp3) is 0.417. The van der Waals surface area contributed by atoms with E-state index in [9.17, 15) is 4.79 Å². The average molecular weight is 443 g/mol. The summed E-state index contributed by atoms with van der Waals surface area (Å²) in [7, 11) is 0. The summed E-state index contributed by atoms with van der Waals surface area (Å²) in [6, 6.07) is 16.3. The third-order valence-corrected chi connectivity index (χ3v) is 5.74. The Balaban J connectivity index is 0.00000272. The summed E-state index contributed by atoms with van der Waals surface area (Å²) >= 11 is 0. The van der Waals surface area contributed by atoms with E-state index in [1.807, 2.05) is 36.4 Å². The Morgan fingerprint density at radius 2 is 2.00 bits per heavy atom. The van der Waals surface area contributed by atoms with Gasteiger partial charge in [-0.1, -0.05) is 30.7 Å². The summed E-state index contributed by atoms with van der Waals surface area (Å²) in [5.41, 5.74) is 3.74. The van der Waals surface area contributed by atoms with Crippen molar-refractivity contribution in [1.29, 1.82) is 0 Å². The van der Waals surface area contributed by atoms with Gasteiger partial charge in [-0.05, 0) is 49.1 Å². The third-order valence-electron chi connectivity index (χ3n) is 5.74. The van der Waals surface area contributed by atoms with E-state index in [1.165, 1.54) is 25.1 Å². The highest BCUT2D eigenvalue weighted by Gasteiger charge is 2.18. The number of aryl methyl sites for hydroxylation is 1. The van der Waals surface area contributed by atoms with Gasteiger partial charge in [0.15, 0.2) is 5.58 Å². The molecule has 2 heterocycles. The molecule has 2 aromatic carbocycles. The number of oxazole rings is 1. The van der Waals surface area contributed by atoms with Crippen molar-refractivity contribution >= 4 is 23.0 Å². The van der Waals surface area contributed by atoms with Crippen LogP contribution in [0.1, 0.15) is 41.6 Å². The van der Waals surface area contributed by atoms with E-state index in [1.54, 1.807) is 0 Å². The summed E-state index contributed by atoms with van der Waals surface area (Å²) < 4.78 is 5.90. The van der Waals surface area contributed by atoms with Gasteiger partial charge in [0.25, 0.3) is 11.9 Å².